The van der Waals surface area contributed by atoms with E-state index in [0.717, 1.165) is 16.7 Å². The van der Waals surface area contributed by atoms with E-state index in [1.165, 1.54) is 23.5 Å². The summed E-state index contributed by atoms with van der Waals surface area (Å²) in [6, 6.07) is 24.1. The van der Waals surface area contributed by atoms with E-state index in [4.69, 9.17) is 9.16 Å². The van der Waals surface area contributed by atoms with Gasteiger partial charge in [-0.25, -0.2) is 4.79 Å². The number of fused-ring (bicyclic) bond motifs is 2. The predicted molar refractivity (Wildman–Crippen MR) is 265 cm³/mol. The van der Waals surface area contributed by atoms with Gasteiger partial charge in [0.2, 0.25) is 0 Å². The first-order chi connectivity index (χ1) is 32.0. The molecule has 0 saturated carbocycles. The average Bonchev–Trinajstić information content (AvgIpc) is 3.77. The Labute approximate surface area is 401 Å². The molecule has 0 saturated heterocycles. The molecule has 3 aromatic carbocycles. The molecule has 11 nitrogen and oxygen atoms in total. The number of nitriles is 1. The number of carbonyl (C=O) groups excluding carboxylic acids is 3. The van der Waals surface area contributed by atoms with E-state index >= 15 is 9.59 Å². The maximum Gasteiger partial charge on any atom is 0.410 e. The van der Waals surface area contributed by atoms with Crippen molar-refractivity contribution in [3.8, 4) is 23.1 Å². The Balaban J connectivity index is 1.35. The molecule has 5 aromatic rings. The third kappa shape index (κ3) is 9.21. The number of nitrogens with zero attached hydrogens (tertiary/aromatic N) is 6. The van der Waals surface area contributed by atoms with Crippen LogP contribution in [0.3, 0.4) is 0 Å². The molecule has 2 aliphatic rings. The van der Waals surface area contributed by atoms with E-state index < -0.39 is 32.5 Å². The third-order valence-electron chi connectivity index (χ3n) is 14.2. The van der Waals surface area contributed by atoms with Crippen LogP contribution in [0.4, 0.5) is 25.0 Å². The number of alkyl halides is 2. The summed E-state index contributed by atoms with van der Waals surface area (Å²) in [7, 11) is -0.508. The highest BCUT2D eigenvalue weighted by Crippen LogP contribution is 2.44. The molecule has 4 heterocycles. The molecule has 0 N–H and O–H groups in total. The van der Waals surface area contributed by atoms with Crippen LogP contribution < -0.4 is 9.33 Å². The largest absolute Gasteiger partial charge is 0.543 e. The molecule has 3 amide bonds. The van der Waals surface area contributed by atoms with Gasteiger partial charge in [-0.15, -0.1) is 0 Å². The van der Waals surface area contributed by atoms with Crippen molar-refractivity contribution in [2.45, 2.75) is 144 Å². The van der Waals surface area contributed by atoms with Crippen LogP contribution >= 0.6 is 0 Å². The van der Waals surface area contributed by atoms with Crippen LogP contribution in [0, 0.1) is 25.2 Å². The Morgan fingerprint density at radius 1 is 0.824 bits per heavy atom. The molecule has 0 bridgehead atoms. The van der Waals surface area contributed by atoms with Crippen LogP contribution in [0.5, 0.6) is 5.75 Å². The monoisotopic (exact) mass is 944 g/mol. The van der Waals surface area contributed by atoms with Crippen molar-refractivity contribution in [2.24, 2.45) is 7.05 Å². The number of hydrogen-bond donors (Lipinski definition) is 0. The van der Waals surface area contributed by atoms with E-state index in [1.807, 2.05) is 99.7 Å². The molecule has 360 valence electrons. The normalized spacial score (nSPS) is 15.2. The quantitative estimate of drug-likeness (QED) is 0.122. The number of anilines is 2. The minimum atomic E-state index is -3.02. The molecule has 0 unspecified atom stereocenters. The Morgan fingerprint density at radius 3 is 2.03 bits per heavy atom. The lowest BCUT2D eigenvalue weighted by Gasteiger charge is -2.42. The van der Waals surface area contributed by atoms with Crippen molar-refractivity contribution in [2.75, 3.05) is 11.4 Å². The zero-order chi connectivity index (χ0) is 49.7. The topological polar surface area (TPSA) is 113 Å². The standard InChI is InChI=1S/C54H66F2N6O5Si/c1-32(2)68(33(3)4,34(5)6)67-44-20-18-42(19-21-44)62(48-27-43(29-57)61(37(48)9)52(55)56)51(64)45-28-49(58(13)36(45)8)46-25-39-22-23-59(53(65)66-54(10,11)12)30-41(39)26-47(46)50(63)60-31-40-17-15-14-16-38(40)24-35(60)7/h14-21,25-28,32-35,52H,22-24,30-31H2,1-13H3/t35-/m1/s1. The fraction of sp³-hybridized carbons (Fsp3) is 0.444. The lowest BCUT2D eigenvalue weighted by Crippen LogP contribution is -2.50. The molecule has 2 aliphatic heterocycles. The van der Waals surface area contributed by atoms with Crippen LogP contribution in [-0.4, -0.2) is 63.3 Å². The number of benzene rings is 3. The van der Waals surface area contributed by atoms with Crippen molar-refractivity contribution in [1.29, 1.82) is 5.26 Å². The number of aromatic nitrogens is 2. The van der Waals surface area contributed by atoms with Gasteiger partial charge in [-0.05, 0) is 142 Å². The number of ether oxygens (including phenoxy) is 1. The summed E-state index contributed by atoms with van der Waals surface area (Å²) in [6.45, 7) is 22.1. The minimum absolute atomic E-state index is 0.0464. The molecule has 14 heteroatoms. The Kier molecular flexibility index (Phi) is 13.9. The Hall–Kier alpha value is -6.20. The van der Waals surface area contributed by atoms with Crippen LogP contribution in [-0.2, 0) is 37.7 Å². The van der Waals surface area contributed by atoms with E-state index in [-0.39, 0.29) is 41.1 Å². The van der Waals surface area contributed by atoms with Crippen LogP contribution in [0.2, 0.25) is 16.6 Å². The van der Waals surface area contributed by atoms with Crippen LogP contribution in [0.1, 0.15) is 136 Å². The number of hydrogen-bond acceptors (Lipinski definition) is 6. The minimum Gasteiger partial charge on any atom is -0.543 e. The summed E-state index contributed by atoms with van der Waals surface area (Å²) in [5.74, 6) is -0.0262. The van der Waals surface area contributed by atoms with Gasteiger partial charge < -0.3 is 23.5 Å². The van der Waals surface area contributed by atoms with E-state index in [1.54, 1.807) is 23.1 Å². The second-order valence-corrected chi connectivity index (χ2v) is 25.9. The molecule has 1 atom stereocenters. The zero-order valence-electron chi connectivity index (χ0n) is 41.8. The first-order valence-electron chi connectivity index (χ1n) is 23.7. The van der Waals surface area contributed by atoms with E-state index in [0.29, 0.717) is 81.1 Å². The van der Waals surface area contributed by atoms with Crippen LogP contribution in [0.15, 0.2) is 72.8 Å². The summed E-state index contributed by atoms with van der Waals surface area (Å²) in [6.07, 6.45) is 0.783. The van der Waals surface area contributed by atoms with Gasteiger partial charge in [0.25, 0.3) is 20.1 Å². The molecule has 0 fully saturated rings. The van der Waals surface area contributed by atoms with Gasteiger partial charge in [-0.2, -0.15) is 14.0 Å². The lowest BCUT2D eigenvalue weighted by molar-refractivity contribution is 0.0223. The molecular formula is C54H66F2N6O5Si. The molecule has 0 radical (unpaired) electrons. The summed E-state index contributed by atoms with van der Waals surface area (Å²) >= 11 is 0. The average molecular weight is 945 g/mol. The van der Waals surface area contributed by atoms with Gasteiger partial charge in [-0.1, -0.05) is 65.8 Å². The summed E-state index contributed by atoms with van der Waals surface area (Å²) in [5.41, 5.74) is 7.18. The first-order valence-corrected chi connectivity index (χ1v) is 25.8. The zero-order valence-corrected chi connectivity index (χ0v) is 42.8. The maximum absolute atomic E-state index is 15.4. The highest BCUT2D eigenvalue weighted by molar-refractivity contribution is 6.78. The van der Waals surface area contributed by atoms with Gasteiger partial charge in [0.15, 0.2) is 0 Å². The SMILES string of the molecule is Cc1c(C(=O)N(c2ccc(O[Si](C(C)C)(C(C)C)C(C)C)cc2)c2cc(C#N)n(C(F)F)c2C)cc(-c2cc3c(cc2C(=O)N2Cc4ccccc4C[C@H]2C)CN(C(=O)OC(C)(C)C)CC3)n1C. The molecule has 7 rings (SSSR count). The molecule has 2 aromatic heterocycles. The van der Waals surface area contributed by atoms with Gasteiger partial charge >= 0.3 is 12.6 Å². The van der Waals surface area contributed by atoms with Gasteiger partial charge in [-0.3, -0.25) is 19.1 Å². The number of halogens is 2. The van der Waals surface area contributed by atoms with Crippen molar-refractivity contribution >= 4 is 37.6 Å². The molecule has 0 spiro atoms. The molecule has 68 heavy (non-hydrogen) atoms. The lowest BCUT2D eigenvalue weighted by atomic mass is 9.90. The van der Waals surface area contributed by atoms with Crippen molar-refractivity contribution in [3.05, 3.63) is 123 Å². The maximum atomic E-state index is 15.4. The molecule has 0 aliphatic carbocycles. The van der Waals surface area contributed by atoms with Crippen molar-refractivity contribution < 1.29 is 32.3 Å². The second kappa shape index (κ2) is 19.1. The van der Waals surface area contributed by atoms with Gasteiger partial charge in [0.1, 0.15) is 23.1 Å². The van der Waals surface area contributed by atoms with E-state index in [2.05, 4.69) is 47.6 Å². The van der Waals surface area contributed by atoms with Crippen molar-refractivity contribution in [1.82, 2.24) is 18.9 Å². The number of carbonyl (C=O) groups is 3. The smallest absolute Gasteiger partial charge is 0.410 e. The molecular weight excluding hydrogens is 879 g/mol. The van der Waals surface area contributed by atoms with Gasteiger partial charge in [0.05, 0.1) is 11.3 Å². The Bertz CT molecular complexity index is 2760. The fourth-order valence-electron chi connectivity index (χ4n) is 10.6. The summed E-state index contributed by atoms with van der Waals surface area (Å²) in [4.78, 5) is 48.8. The highest BCUT2D eigenvalue weighted by atomic mass is 28.4. The first kappa shape index (κ1) is 49.7. The van der Waals surface area contributed by atoms with Crippen LogP contribution in [0.25, 0.3) is 11.3 Å². The fourth-order valence-corrected chi connectivity index (χ4v) is 15.9. The second-order valence-electron chi connectivity index (χ2n) is 20.5. The predicted octanol–water partition coefficient (Wildman–Crippen LogP) is 12.8. The summed E-state index contributed by atoms with van der Waals surface area (Å²) in [5, 5.41) is 10.0. The highest BCUT2D eigenvalue weighted by Gasteiger charge is 2.47. The Morgan fingerprint density at radius 2 is 1.46 bits per heavy atom. The third-order valence-corrected chi connectivity index (χ3v) is 20.2. The van der Waals surface area contributed by atoms with E-state index in [9.17, 15) is 18.8 Å². The van der Waals surface area contributed by atoms with Crippen molar-refractivity contribution in [3.63, 3.8) is 0 Å². The number of rotatable bonds is 11. The van der Waals surface area contributed by atoms with Gasteiger partial charge in [0, 0.05) is 66.6 Å². The number of amides is 3. The summed E-state index contributed by atoms with van der Waals surface area (Å²) < 4.78 is 44.4.